The van der Waals surface area contributed by atoms with Crippen molar-refractivity contribution in [1.29, 1.82) is 0 Å². The predicted octanol–water partition coefficient (Wildman–Crippen LogP) is 5.37. The Bertz CT molecular complexity index is 981. The molecule has 150 valence electrons. The second kappa shape index (κ2) is 8.47. The molecule has 0 radical (unpaired) electrons. The molecule has 4 rings (SSSR count). The molecule has 1 aliphatic rings. The van der Waals surface area contributed by atoms with Crippen molar-refractivity contribution >= 4 is 11.7 Å². The Labute approximate surface area is 170 Å². The van der Waals surface area contributed by atoms with Crippen LogP contribution in [0.25, 0.3) is 11.4 Å². The van der Waals surface area contributed by atoms with Crippen LogP contribution in [-0.4, -0.2) is 27.6 Å². The van der Waals surface area contributed by atoms with Gasteiger partial charge in [-0.25, -0.2) is 4.79 Å². The van der Waals surface area contributed by atoms with Gasteiger partial charge < -0.3 is 14.7 Å². The molecule has 2 heterocycles. The zero-order valence-corrected chi connectivity index (χ0v) is 16.9. The number of hydrogen-bond acceptors (Lipinski definition) is 4. The van der Waals surface area contributed by atoms with E-state index in [9.17, 15) is 4.79 Å². The second-order valence-corrected chi connectivity index (χ2v) is 7.47. The van der Waals surface area contributed by atoms with Crippen molar-refractivity contribution in [3.63, 3.8) is 0 Å². The summed E-state index contributed by atoms with van der Waals surface area (Å²) < 4.78 is 5.58. The molecule has 0 spiro atoms. The first-order chi connectivity index (χ1) is 14.2. The number of hydrogen-bond donors (Lipinski definition) is 1. The zero-order valence-electron chi connectivity index (χ0n) is 16.9. The van der Waals surface area contributed by atoms with Crippen LogP contribution in [0.1, 0.15) is 49.2 Å². The average Bonchev–Trinajstić information content (AvgIpc) is 3.25. The summed E-state index contributed by atoms with van der Waals surface area (Å²) in [5.41, 5.74) is 4.07. The highest BCUT2D eigenvalue weighted by atomic mass is 16.5. The molecule has 1 aromatic heterocycles. The maximum Gasteiger partial charge on any atom is 0.322 e. The van der Waals surface area contributed by atoms with Gasteiger partial charge in [0.25, 0.3) is 0 Å². The van der Waals surface area contributed by atoms with Gasteiger partial charge in [-0.15, -0.1) is 0 Å². The molecule has 6 heteroatoms. The summed E-state index contributed by atoms with van der Waals surface area (Å²) in [6.07, 6.45) is 3.68. The van der Waals surface area contributed by atoms with Crippen molar-refractivity contribution in [1.82, 2.24) is 15.0 Å². The number of aromatic nitrogens is 2. The van der Waals surface area contributed by atoms with E-state index >= 15 is 0 Å². The second-order valence-electron chi connectivity index (χ2n) is 7.47. The first-order valence-corrected chi connectivity index (χ1v) is 10.2. The van der Waals surface area contributed by atoms with Gasteiger partial charge in [-0.05, 0) is 44.2 Å². The lowest BCUT2D eigenvalue weighted by Crippen LogP contribution is -2.41. The summed E-state index contributed by atoms with van der Waals surface area (Å²) in [4.78, 5) is 19.5. The highest BCUT2D eigenvalue weighted by molar-refractivity contribution is 5.90. The van der Waals surface area contributed by atoms with Gasteiger partial charge in [-0.3, -0.25) is 0 Å². The van der Waals surface area contributed by atoms with E-state index in [4.69, 9.17) is 4.52 Å². The van der Waals surface area contributed by atoms with Crippen molar-refractivity contribution in [3.05, 3.63) is 65.5 Å². The molecule has 0 aliphatic carbocycles. The first-order valence-electron chi connectivity index (χ1n) is 10.2. The summed E-state index contributed by atoms with van der Waals surface area (Å²) in [6, 6.07) is 15.6. The molecule has 1 fully saturated rings. The van der Waals surface area contributed by atoms with E-state index in [1.807, 2.05) is 60.4 Å². The summed E-state index contributed by atoms with van der Waals surface area (Å²) in [5.74, 6) is 1.06. The number of nitrogens with one attached hydrogen (secondary N) is 1. The smallest absolute Gasteiger partial charge is 0.322 e. The number of rotatable bonds is 4. The minimum atomic E-state index is -0.204. The number of carbonyl (C=O) groups is 1. The van der Waals surface area contributed by atoms with Crippen LogP contribution in [0.15, 0.2) is 53.1 Å². The Balaban J connectivity index is 1.54. The van der Waals surface area contributed by atoms with Crippen LogP contribution >= 0.6 is 0 Å². The van der Waals surface area contributed by atoms with E-state index < -0.39 is 0 Å². The van der Waals surface area contributed by atoms with Crippen LogP contribution in [0, 0.1) is 6.92 Å². The monoisotopic (exact) mass is 390 g/mol. The van der Waals surface area contributed by atoms with E-state index in [0.717, 1.165) is 42.5 Å². The molecule has 6 nitrogen and oxygen atoms in total. The molecule has 0 saturated carbocycles. The molecular weight excluding hydrogens is 364 g/mol. The van der Waals surface area contributed by atoms with Gasteiger partial charge in [-0.2, -0.15) is 4.98 Å². The molecular formula is C23H26N4O2. The average molecular weight is 390 g/mol. The van der Waals surface area contributed by atoms with Crippen molar-refractivity contribution in [2.24, 2.45) is 0 Å². The third kappa shape index (κ3) is 4.16. The largest absolute Gasteiger partial charge is 0.337 e. The third-order valence-corrected chi connectivity index (χ3v) is 5.44. The Morgan fingerprint density at radius 2 is 1.97 bits per heavy atom. The number of benzene rings is 2. The van der Waals surface area contributed by atoms with Gasteiger partial charge in [0, 0.05) is 17.8 Å². The van der Waals surface area contributed by atoms with E-state index in [1.54, 1.807) is 0 Å². The Morgan fingerprint density at radius 3 is 2.76 bits per heavy atom. The fraction of sp³-hybridized carbons (Fsp3) is 0.348. The quantitative estimate of drug-likeness (QED) is 0.650. The Morgan fingerprint density at radius 1 is 1.17 bits per heavy atom. The number of anilines is 1. The maximum absolute atomic E-state index is 13.1. The normalized spacial score (nSPS) is 16.6. The standard InChI is InChI=1S/C23H26N4O2/c1-3-17-8-4-5-9-19(17)24-23(28)27-15-7-6-10-20(27)22-25-21(26-29-22)18-13-11-16(2)12-14-18/h4-5,8-9,11-14,20H,3,6-7,10,15H2,1-2H3,(H,24,28)/t20-/m0/s1. The van der Waals surface area contributed by atoms with Crippen molar-refractivity contribution < 1.29 is 9.32 Å². The molecule has 3 aromatic rings. The minimum Gasteiger partial charge on any atom is -0.337 e. The lowest BCUT2D eigenvalue weighted by atomic mass is 10.0. The molecule has 29 heavy (non-hydrogen) atoms. The summed E-state index contributed by atoms with van der Waals surface area (Å²) in [5, 5.41) is 7.22. The minimum absolute atomic E-state index is 0.120. The highest BCUT2D eigenvalue weighted by Crippen LogP contribution is 2.32. The number of carbonyl (C=O) groups excluding carboxylic acids is 1. The lowest BCUT2D eigenvalue weighted by molar-refractivity contribution is 0.142. The summed E-state index contributed by atoms with van der Waals surface area (Å²) in [6.45, 7) is 4.80. The van der Waals surface area contributed by atoms with Crippen molar-refractivity contribution in [2.75, 3.05) is 11.9 Å². The van der Waals surface area contributed by atoms with Crippen LogP contribution in [-0.2, 0) is 6.42 Å². The highest BCUT2D eigenvalue weighted by Gasteiger charge is 2.32. The SMILES string of the molecule is CCc1ccccc1NC(=O)N1CCCC[C@H]1c1nc(-c2ccc(C)cc2)no1. The molecule has 2 aromatic carbocycles. The number of urea groups is 1. The molecule has 1 atom stereocenters. The van der Waals surface area contributed by atoms with E-state index in [-0.39, 0.29) is 12.1 Å². The molecule has 0 unspecified atom stereocenters. The third-order valence-electron chi connectivity index (χ3n) is 5.44. The molecule has 1 N–H and O–H groups in total. The van der Waals surface area contributed by atoms with Gasteiger partial charge in [0.1, 0.15) is 6.04 Å². The number of aryl methyl sites for hydroxylation is 2. The summed E-state index contributed by atoms with van der Waals surface area (Å²) in [7, 11) is 0. The molecule has 1 aliphatic heterocycles. The predicted molar refractivity (Wildman–Crippen MR) is 113 cm³/mol. The first kappa shape index (κ1) is 19.2. The molecule has 2 amide bonds. The Kier molecular flexibility index (Phi) is 5.60. The van der Waals surface area contributed by atoms with Crippen LogP contribution in [0.2, 0.25) is 0 Å². The number of amides is 2. The number of nitrogens with zero attached hydrogens (tertiary/aromatic N) is 3. The number of piperidine rings is 1. The topological polar surface area (TPSA) is 71.3 Å². The van der Waals surface area contributed by atoms with Crippen LogP contribution in [0.4, 0.5) is 10.5 Å². The van der Waals surface area contributed by atoms with Crippen LogP contribution < -0.4 is 5.32 Å². The number of likely N-dealkylation sites (tertiary alicyclic amines) is 1. The van der Waals surface area contributed by atoms with Gasteiger partial charge >= 0.3 is 6.03 Å². The maximum atomic E-state index is 13.1. The fourth-order valence-corrected chi connectivity index (χ4v) is 3.76. The van der Waals surface area contributed by atoms with E-state index in [1.165, 1.54) is 5.56 Å². The van der Waals surface area contributed by atoms with Gasteiger partial charge in [0.15, 0.2) is 0 Å². The van der Waals surface area contributed by atoms with E-state index in [0.29, 0.717) is 18.3 Å². The molecule has 0 bridgehead atoms. The van der Waals surface area contributed by atoms with Crippen LogP contribution in [0.3, 0.4) is 0 Å². The van der Waals surface area contributed by atoms with Crippen molar-refractivity contribution in [2.45, 2.75) is 45.6 Å². The zero-order chi connectivity index (χ0) is 20.2. The van der Waals surface area contributed by atoms with Crippen molar-refractivity contribution in [3.8, 4) is 11.4 Å². The Hall–Kier alpha value is -3.15. The molecule has 1 saturated heterocycles. The fourth-order valence-electron chi connectivity index (χ4n) is 3.76. The van der Waals surface area contributed by atoms with E-state index in [2.05, 4.69) is 22.4 Å². The van der Waals surface area contributed by atoms with Gasteiger partial charge in [0.2, 0.25) is 11.7 Å². The van der Waals surface area contributed by atoms with Gasteiger partial charge in [-0.1, -0.05) is 60.1 Å². The summed E-state index contributed by atoms with van der Waals surface area (Å²) >= 11 is 0. The van der Waals surface area contributed by atoms with Gasteiger partial charge in [0.05, 0.1) is 0 Å². The van der Waals surface area contributed by atoms with Crippen LogP contribution in [0.5, 0.6) is 0 Å². The number of para-hydroxylation sites is 1. The lowest BCUT2D eigenvalue weighted by Gasteiger charge is -2.33.